The average Bonchev–Trinajstić information content (AvgIpc) is 2.89. The fourth-order valence-corrected chi connectivity index (χ4v) is 2.77. The first kappa shape index (κ1) is 14.3. The van der Waals surface area contributed by atoms with Crippen molar-refractivity contribution in [2.45, 2.75) is 32.9 Å². The summed E-state index contributed by atoms with van der Waals surface area (Å²) in [7, 11) is 3.92. The number of hydrogen-bond donors (Lipinski definition) is 1. The third-order valence-electron chi connectivity index (χ3n) is 3.42. The van der Waals surface area contributed by atoms with Crippen molar-refractivity contribution >= 4 is 15.9 Å². The second kappa shape index (κ2) is 5.46. The molecule has 0 amide bonds. The zero-order valence-corrected chi connectivity index (χ0v) is 13.6. The fourth-order valence-electron chi connectivity index (χ4n) is 2.27. The number of halogens is 1. The Labute approximate surface area is 122 Å². The molecule has 1 atom stereocenters. The quantitative estimate of drug-likeness (QED) is 0.939. The van der Waals surface area contributed by atoms with E-state index < -0.39 is 0 Å². The van der Waals surface area contributed by atoms with Crippen LogP contribution in [0.25, 0.3) is 0 Å². The van der Waals surface area contributed by atoms with E-state index in [4.69, 9.17) is 0 Å². The molecule has 6 heteroatoms. The predicted octanol–water partition coefficient (Wildman–Crippen LogP) is 2.58. The van der Waals surface area contributed by atoms with E-state index in [0.29, 0.717) is 6.04 Å². The highest BCUT2D eigenvalue weighted by Gasteiger charge is 2.24. The molecule has 0 radical (unpaired) electrons. The lowest BCUT2D eigenvalue weighted by atomic mass is 10.0. The van der Waals surface area contributed by atoms with E-state index in [2.05, 4.69) is 52.2 Å². The van der Waals surface area contributed by atoms with Crippen molar-refractivity contribution in [3.05, 3.63) is 33.8 Å². The van der Waals surface area contributed by atoms with Crippen LogP contribution in [0.3, 0.4) is 0 Å². The minimum Gasteiger partial charge on any atom is -0.308 e. The van der Waals surface area contributed by atoms with Crippen LogP contribution in [0.2, 0.25) is 0 Å². The molecule has 0 aromatic carbocycles. The SMILES string of the molecule is CNC(c1cnn(C)c1C)c1c(Br)cnn1C(C)C. The summed E-state index contributed by atoms with van der Waals surface area (Å²) in [5.41, 5.74) is 3.46. The fraction of sp³-hybridized carbons (Fsp3) is 0.538. The van der Waals surface area contributed by atoms with Gasteiger partial charge in [0.1, 0.15) is 0 Å². The minimum absolute atomic E-state index is 0.0768. The Hall–Kier alpha value is -1.14. The van der Waals surface area contributed by atoms with E-state index in [1.807, 2.05) is 35.9 Å². The largest absolute Gasteiger partial charge is 0.308 e. The number of hydrogen-bond acceptors (Lipinski definition) is 3. The summed E-state index contributed by atoms with van der Waals surface area (Å²) in [5, 5.41) is 12.1. The van der Waals surface area contributed by atoms with Crippen LogP contribution >= 0.6 is 15.9 Å². The first-order valence-corrected chi connectivity index (χ1v) is 7.15. The van der Waals surface area contributed by atoms with Gasteiger partial charge in [0.15, 0.2) is 0 Å². The van der Waals surface area contributed by atoms with Crippen LogP contribution in [-0.4, -0.2) is 26.6 Å². The highest BCUT2D eigenvalue weighted by molar-refractivity contribution is 9.10. The molecule has 0 spiro atoms. The summed E-state index contributed by atoms with van der Waals surface area (Å²) in [4.78, 5) is 0. The molecule has 2 heterocycles. The number of nitrogens with one attached hydrogen (secondary N) is 1. The molecule has 0 saturated heterocycles. The summed E-state index contributed by atoms with van der Waals surface area (Å²) < 4.78 is 4.95. The van der Waals surface area contributed by atoms with Gasteiger partial charge in [0.25, 0.3) is 0 Å². The molecule has 2 aromatic heterocycles. The van der Waals surface area contributed by atoms with Gasteiger partial charge >= 0.3 is 0 Å². The number of aryl methyl sites for hydroxylation is 1. The maximum atomic E-state index is 4.45. The second-order valence-electron chi connectivity index (χ2n) is 4.95. The van der Waals surface area contributed by atoms with Crippen LogP contribution < -0.4 is 5.32 Å². The van der Waals surface area contributed by atoms with Crippen molar-refractivity contribution in [3.8, 4) is 0 Å². The van der Waals surface area contributed by atoms with Crippen molar-refractivity contribution in [2.75, 3.05) is 7.05 Å². The van der Waals surface area contributed by atoms with Crippen LogP contribution in [0, 0.1) is 6.92 Å². The normalized spacial score (nSPS) is 13.2. The minimum atomic E-state index is 0.0768. The Kier molecular flexibility index (Phi) is 4.10. The molecule has 5 nitrogen and oxygen atoms in total. The third-order valence-corrected chi connectivity index (χ3v) is 4.03. The summed E-state index contributed by atoms with van der Waals surface area (Å²) in [6.07, 6.45) is 3.77. The topological polar surface area (TPSA) is 47.7 Å². The standard InChI is InChI=1S/C13H20BrN5/c1-8(2)19-13(11(14)7-17-19)12(15-4)10-6-16-18(5)9(10)3/h6-8,12,15H,1-5H3. The molecule has 1 unspecified atom stereocenters. The summed E-state index contributed by atoms with van der Waals surface area (Å²) in [6, 6.07) is 0.391. The molecule has 19 heavy (non-hydrogen) atoms. The van der Waals surface area contributed by atoms with Crippen molar-refractivity contribution in [1.82, 2.24) is 24.9 Å². The Morgan fingerprint density at radius 2 is 1.95 bits per heavy atom. The van der Waals surface area contributed by atoms with Gasteiger partial charge in [-0.3, -0.25) is 9.36 Å². The van der Waals surface area contributed by atoms with E-state index in [0.717, 1.165) is 15.9 Å². The lowest BCUT2D eigenvalue weighted by Crippen LogP contribution is -2.23. The summed E-state index contributed by atoms with van der Waals surface area (Å²) >= 11 is 3.60. The smallest absolute Gasteiger partial charge is 0.0791 e. The third kappa shape index (κ3) is 2.47. The molecule has 0 bridgehead atoms. The Bertz CT molecular complexity index is 570. The average molecular weight is 326 g/mol. The lowest BCUT2D eigenvalue weighted by Gasteiger charge is -2.20. The lowest BCUT2D eigenvalue weighted by molar-refractivity contribution is 0.482. The second-order valence-corrected chi connectivity index (χ2v) is 5.80. The molecule has 0 saturated carbocycles. The van der Waals surface area contributed by atoms with E-state index in [-0.39, 0.29) is 6.04 Å². The van der Waals surface area contributed by atoms with Crippen molar-refractivity contribution in [3.63, 3.8) is 0 Å². The van der Waals surface area contributed by atoms with Gasteiger partial charge in [-0.2, -0.15) is 10.2 Å². The van der Waals surface area contributed by atoms with Crippen LogP contribution in [0.1, 0.15) is 42.9 Å². The van der Waals surface area contributed by atoms with E-state index in [1.165, 1.54) is 5.56 Å². The zero-order chi connectivity index (χ0) is 14.2. The molecule has 1 N–H and O–H groups in total. The molecule has 2 rings (SSSR count). The zero-order valence-electron chi connectivity index (χ0n) is 12.0. The Balaban J connectivity index is 2.54. The van der Waals surface area contributed by atoms with Crippen LogP contribution in [0.4, 0.5) is 0 Å². The molecular weight excluding hydrogens is 306 g/mol. The van der Waals surface area contributed by atoms with Gasteiger partial charge in [0.2, 0.25) is 0 Å². The van der Waals surface area contributed by atoms with E-state index in [9.17, 15) is 0 Å². The van der Waals surface area contributed by atoms with Crippen molar-refractivity contribution in [2.24, 2.45) is 7.05 Å². The van der Waals surface area contributed by atoms with Crippen molar-refractivity contribution in [1.29, 1.82) is 0 Å². The number of nitrogens with zero attached hydrogens (tertiary/aromatic N) is 4. The van der Waals surface area contributed by atoms with Crippen molar-refractivity contribution < 1.29 is 0 Å². The summed E-state index contributed by atoms with van der Waals surface area (Å²) in [6.45, 7) is 6.34. The first-order valence-electron chi connectivity index (χ1n) is 6.36. The molecule has 0 aliphatic heterocycles. The molecular formula is C13H20BrN5. The van der Waals surface area contributed by atoms with E-state index in [1.54, 1.807) is 0 Å². The molecule has 0 aliphatic rings. The Morgan fingerprint density at radius 1 is 1.26 bits per heavy atom. The highest BCUT2D eigenvalue weighted by Crippen LogP contribution is 2.31. The maximum absolute atomic E-state index is 4.45. The van der Waals surface area contributed by atoms with Gasteiger partial charge < -0.3 is 5.32 Å². The maximum Gasteiger partial charge on any atom is 0.0791 e. The molecule has 0 fully saturated rings. The number of aromatic nitrogens is 4. The molecule has 2 aromatic rings. The van der Waals surface area contributed by atoms with Gasteiger partial charge in [-0.1, -0.05) is 0 Å². The predicted molar refractivity (Wildman–Crippen MR) is 79.2 cm³/mol. The first-order chi connectivity index (χ1) is 8.97. The van der Waals surface area contributed by atoms with E-state index >= 15 is 0 Å². The van der Waals surface area contributed by atoms with Gasteiger partial charge in [-0.25, -0.2) is 0 Å². The van der Waals surface area contributed by atoms with Crippen LogP contribution in [-0.2, 0) is 7.05 Å². The number of rotatable bonds is 4. The van der Waals surface area contributed by atoms with Gasteiger partial charge in [-0.05, 0) is 43.7 Å². The highest BCUT2D eigenvalue weighted by atomic mass is 79.9. The van der Waals surface area contributed by atoms with Gasteiger partial charge in [0.05, 0.1) is 28.6 Å². The van der Waals surface area contributed by atoms with Crippen LogP contribution in [0.5, 0.6) is 0 Å². The summed E-state index contributed by atoms with van der Waals surface area (Å²) in [5.74, 6) is 0. The molecule has 0 aliphatic carbocycles. The monoisotopic (exact) mass is 325 g/mol. The Morgan fingerprint density at radius 3 is 2.42 bits per heavy atom. The van der Waals surface area contributed by atoms with Crippen LogP contribution in [0.15, 0.2) is 16.9 Å². The molecule has 104 valence electrons. The van der Waals surface area contributed by atoms with Gasteiger partial charge in [-0.15, -0.1) is 0 Å². The van der Waals surface area contributed by atoms with Gasteiger partial charge in [0, 0.05) is 24.3 Å².